The zero-order valence-electron chi connectivity index (χ0n) is 14.2. The molecule has 3 heterocycles. The lowest BCUT2D eigenvalue weighted by atomic mass is 9.80. The Morgan fingerprint density at radius 2 is 1.74 bits per heavy atom. The zero-order chi connectivity index (χ0) is 16.7. The Kier molecular flexibility index (Phi) is 4.52. The number of rotatable bonds is 3. The minimum atomic E-state index is -0.449. The molecule has 8 heteroatoms. The Morgan fingerprint density at radius 3 is 2.35 bits per heavy atom. The number of hydroxylamine groups is 2. The number of morpholine rings is 1. The van der Waals surface area contributed by atoms with E-state index in [0.717, 1.165) is 18.9 Å². The average molecular weight is 341 g/mol. The smallest absolute Gasteiger partial charge is 0.271 e. The first-order chi connectivity index (χ1) is 10.8. The molecule has 2 aliphatic heterocycles. The third-order valence-electron chi connectivity index (χ3n) is 4.59. The molecule has 2 aliphatic rings. The van der Waals surface area contributed by atoms with Crippen molar-refractivity contribution in [2.75, 3.05) is 31.2 Å². The fraction of sp³-hybridized carbons (Fsp3) is 0.867. The summed E-state index contributed by atoms with van der Waals surface area (Å²) in [6.07, 6.45) is 1.33. The van der Waals surface area contributed by atoms with Gasteiger partial charge in [-0.05, 0) is 27.7 Å². The van der Waals surface area contributed by atoms with Gasteiger partial charge in [-0.2, -0.15) is 4.37 Å². The summed E-state index contributed by atoms with van der Waals surface area (Å²) >= 11 is 1.17. The molecular formula is C15H25N4O3S-. The van der Waals surface area contributed by atoms with Crippen LogP contribution in [0.2, 0.25) is 0 Å². The molecule has 0 spiro atoms. The molecule has 0 aromatic carbocycles. The summed E-state index contributed by atoms with van der Waals surface area (Å²) in [5.41, 5.74) is -0.899. The Bertz CT molecular complexity index is 525. The molecule has 0 unspecified atom stereocenters. The molecule has 0 aliphatic carbocycles. The van der Waals surface area contributed by atoms with Gasteiger partial charge in [0.1, 0.15) is 6.10 Å². The normalized spacial score (nSPS) is 25.5. The van der Waals surface area contributed by atoms with Crippen LogP contribution in [0.1, 0.15) is 40.5 Å². The maximum Gasteiger partial charge on any atom is 0.271 e. The molecule has 23 heavy (non-hydrogen) atoms. The average Bonchev–Trinajstić information content (AvgIpc) is 2.93. The van der Waals surface area contributed by atoms with Gasteiger partial charge in [0.15, 0.2) is 0 Å². The van der Waals surface area contributed by atoms with Gasteiger partial charge in [-0.15, -0.1) is 4.37 Å². The third kappa shape index (κ3) is 3.45. The number of ether oxygens (including phenoxy) is 2. The number of anilines is 1. The Balaban J connectivity index is 1.74. The van der Waals surface area contributed by atoms with Gasteiger partial charge in [-0.3, -0.25) is 0 Å². The van der Waals surface area contributed by atoms with Gasteiger partial charge in [0, 0.05) is 37.0 Å². The van der Waals surface area contributed by atoms with E-state index in [1.54, 1.807) is 0 Å². The molecule has 0 N–H and O–H groups in total. The van der Waals surface area contributed by atoms with E-state index >= 15 is 0 Å². The van der Waals surface area contributed by atoms with Gasteiger partial charge in [0.2, 0.25) is 5.82 Å². The molecule has 2 saturated heterocycles. The molecule has 0 atom stereocenters. The summed E-state index contributed by atoms with van der Waals surface area (Å²) in [6, 6.07) is 0. The highest BCUT2D eigenvalue weighted by Crippen LogP contribution is 2.40. The maximum absolute atomic E-state index is 12.4. The van der Waals surface area contributed by atoms with Crippen molar-refractivity contribution in [2.45, 2.75) is 57.7 Å². The second-order valence-corrected chi connectivity index (χ2v) is 8.09. The Hall–Kier alpha value is -0.960. The number of nitrogens with zero attached hydrogens (tertiary/aromatic N) is 4. The predicted octanol–water partition coefficient (Wildman–Crippen LogP) is 2.27. The fourth-order valence-electron chi connectivity index (χ4n) is 3.63. The molecule has 0 bridgehead atoms. The predicted molar refractivity (Wildman–Crippen MR) is 90.0 cm³/mol. The molecule has 0 amide bonds. The molecule has 130 valence electrons. The summed E-state index contributed by atoms with van der Waals surface area (Å²) in [5.74, 6) is 1.39. The first-order valence-corrected chi connectivity index (χ1v) is 8.82. The van der Waals surface area contributed by atoms with Crippen LogP contribution in [0.25, 0.3) is 0 Å². The van der Waals surface area contributed by atoms with Gasteiger partial charge < -0.3 is 24.6 Å². The minimum absolute atomic E-state index is 0.0334. The highest BCUT2D eigenvalue weighted by atomic mass is 32.1. The topological polar surface area (TPSA) is 73.8 Å². The van der Waals surface area contributed by atoms with E-state index in [0.29, 0.717) is 31.9 Å². The third-order valence-corrected chi connectivity index (χ3v) is 5.09. The quantitative estimate of drug-likeness (QED) is 0.835. The number of hydrogen-bond donors (Lipinski definition) is 0. The number of aromatic nitrogens is 2. The lowest BCUT2D eigenvalue weighted by Gasteiger charge is -2.59. The van der Waals surface area contributed by atoms with Gasteiger partial charge in [0.25, 0.3) is 5.88 Å². The van der Waals surface area contributed by atoms with E-state index in [1.807, 2.05) is 27.7 Å². The van der Waals surface area contributed by atoms with Crippen molar-refractivity contribution in [1.29, 1.82) is 0 Å². The summed E-state index contributed by atoms with van der Waals surface area (Å²) in [6.45, 7) is 10.9. The van der Waals surface area contributed by atoms with Crippen LogP contribution in [0, 0.1) is 5.21 Å². The molecular weight excluding hydrogens is 316 g/mol. The minimum Gasteiger partial charge on any atom is -0.784 e. The molecule has 0 radical (unpaired) electrons. The van der Waals surface area contributed by atoms with E-state index in [-0.39, 0.29) is 6.10 Å². The standard InChI is InChI=1S/C15H25N4O3S/c1-14(2)9-11(10-15(3,4)19(14)20)22-13-12(16-23-17-13)18-5-7-21-8-6-18/h11H,5-10H2,1-4H3/q-1. The molecule has 0 saturated carbocycles. The maximum atomic E-state index is 12.4. The van der Waals surface area contributed by atoms with Crippen molar-refractivity contribution in [1.82, 2.24) is 13.8 Å². The second-order valence-electron chi connectivity index (χ2n) is 7.56. The van der Waals surface area contributed by atoms with Gasteiger partial charge >= 0.3 is 0 Å². The van der Waals surface area contributed by atoms with Crippen LogP contribution in [0.3, 0.4) is 0 Å². The van der Waals surface area contributed by atoms with Crippen molar-refractivity contribution in [3.63, 3.8) is 0 Å². The van der Waals surface area contributed by atoms with Gasteiger partial charge in [-0.25, -0.2) is 0 Å². The van der Waals surface area contributed by atoms with Crippen LogP contribution in [0.5, 0.6) is 5.88 Å². The van der Waals surface area contributed by atoms with Crippen molar-refractivity contribution in [3.8, 4) is 5.88 Å². The van der Waals surface area contributed by atoms with Crippen LogP contribution in [0.15, 0.2) is 0 Å². The highest BCUT2D eigenvalue weighted by Gasteiger charge is 2.41. The van der Waals surface area contributed by atoms with Crippen LogP contribution >= 0.6 is 11.7 Å². The van der Waals surface area contributed by atoms with Crippen molar-refractivity contribution in [3.05, 3.63) is 5.21 Å². The summed E-state index contributed by atoms with van der Waals surface area (Å²) in [7, 11) is 0. The summed E-state index contributed by atoms with van der Waals surface area (Å²) in [5, 5.41) is 13.7. The summed E-state index contributed by atoms with van der Waals surface area (Å²) in [4.78, 5) is 2.15. The molecule has 3 rings (SSSR count). The van der Waals surface area contributed by atoms with E-state index < -0.39 is 11.1 Å². The van der Waals surface area contributed by atoms with E-state index in [4.69, 9.17) is 9.47 Å². The number of hydrogen-bond acceptors (Lipinski definition) is 8. The SMILES string of the molecule is CC1(C)CC(Oc2nsnc2N2CCOCC2)CC(C)(C)N1[O-]. The first kappa shape index (κ1) is 16.9. The Morgan fingerprint density at radius 1 is 1.13 bits per heavy atom. The van der Waals surface area contributed by atoms with Crippen LogP contribution < -0.4 is 9.64 Å². The molecule has 7 nitrogen and oxygen atoms in total. The molecule has 2 fully saturated rings. The second kappa shape index (κ2) is 6.16. The summed E-state index contributed by atoms with van der Waals surface area (Å²) < 4.78 is 20.3. The number of piperidine rings is 1. The van der Waals surface area contributed by atoms with E-state index in [1.165, 1.54) is 16.8 Å². The van der Waals surface area contributed by atoms with Gasteiger partial charge in [0.05, 0.1) is 24.9 Å². The molecule has 1 aromatic heterocycles. The van der Waals surface area contributed by atoms with Crippen molar-refractivity contribution < 1.29 is 9.47 Å². The van der Waals surface area contributed by atoms with E-state index in [9.17, 15) is 5.21 Å². The monoisotopic (exact) mass is 341 g/mol. The zero-order valence-corrected chi connectivity index (χ0v) is 15.1. The first-order valence-electron chi connectivity index (χ1n) is 8.09. The van der Waals surface area contributed by atoms with Crippen molar-refractivity contribution >= 4 is 17.5 Å². The van der Waals surface area contributed by atoms with Crippen LogP contribution in [0.4, 0.5) is 5.82 Å². The van der Waals surface area contributed by atoms with Crippen LogP contribution in [-0.2, 0) is 4.74 Å². The van der Waals surface area contributed by atoms with Crippen molar-refractivity contribution in [2.24, 2.45) is 0 Å². The van der Waals surface area contributed by atoms with E-state index in [2.05, 4.69) is 13.6 Å². The largest absolute Gasteiger partial charge is 0.784 e. The lowest BCUT2D eigenvalue weighted by molar-refractivity contribution is -0.0415. The lowest BCUT2D eigenvalue weighted by Crippen LogP contribution is -2.59. The van der Waals surface area contributed by atoms with Crippen LogP contribution in [-0.4, -0.2) is 57.3 Å². The molecule has 1 aromatic rings. The van der Waals surface area contributed by atoms with Gasteiger partial charge in [-0.1, -0.05) is 0 Å². The fourth-order valence-corrected chi connectivity index (χ4v) is 4.14. The highest BCUT2D eigenvalue weighted by molar-refractivity contribution is 6.99. The Labute approximate surface area is 141 Å².